The normalized spacial score (nSPS) is 27.3. The van der Waals surface area contributed by atoms with Gasteiger partial charge in [0.15, 0.2) is 0 Å². The van der Waals surface area contributed by atoms with Gasteiger partial charge in [0.25, 0.3) is 10.2 Å². The van der Waals surface area contributed by atoms with E-state index in [-0.39, 0.29) is 0 Å². The van der Waals surface area contributed by atoms with Gasteiger partial charge in [-0.05, 0) is 57.7 Å². The van der Waals surface area contributed by atoms with Crippen LogP contribution in [0.5, 0.6) is 0 Å². The van der Waals surface area contributed by atoms with Crippen LogP contribution in [0.15, 0.2) is 0 Å². The third-order valence-electron chi connectivity index (χ3n) is 4.77. The van der Waals surface area contributed by atoms with Crippen LogP contribution >= 0.6 is 11.6 Å². The maximum absolute atomic E-state index is 12.7. The first-order valence-corrected chi connectivity index (χ1v) is 9.82. The Morgan fingerprint density at radius 1 is 1.14 bits per heavy atom. The van der Waals surface area contributed by atoms with Crippen LogP contribution in [-0.4, -0.2) is 74.6 Å². The summed E-state index contributed by atoms with van der Waals surface area (Å²) >= 11 is 5.90. The Hall–Kier alpha value is 0.120. The Labute approximate surface area is 134 Å². The number of likely N-dealkylation sites (tertiary alicyclic amines) is 1. The van der Waals surface area contributed by atoms with Crippen molar-refractivity contribution in [1.82, 2.24) is 13.5 Å². The molecule has 0 aromatic carbocycles. The van der Waals surface area contributed by atoms with Crippen LogP contribution in [0.25, 0.3) is 0 Å². The van der Waals surface area contributed by atoms with E-state index >= 15 is 0 Å². The van der Waals surface area contributed by atoms with Crippen molar-refractivity contribution in [2.24, 2.45) is 11.8 Å². The summed E-state index contributed by atoms with van der Waals surface area (Å²) in [7, 11) is 0.518. The molecule has 5 nitrogen and oxygen atoms in total. The Balaban J connectivity index is 1.91. The molecule has 2 heterocycles. The molecule has 0 aliphatic carbocycles. The van der Waals surface area contributed by atoms with Crippen LogP contribution in [0, 0.1) is 11.8 Å². The van der Waals surface area contributed by atoms with E-state index in [0.29, 0.717) is 37.4 Å². The van der Waals surface area contributed by atoms with Crippen LogP contribution < -0.4 is 0 Å². The quantitative estimate of drug-likeness (QED) is 0.713. The summed E-state index contributed by atoms with van der Waals surface area (Å²) in [6.45, 7) is 3.97. The van der Waals surface area contributed by atoms with Crippen molar-refractivity contribution in [3.63, 3.8) is 0 Å². The highest BCUT2D eigenvalue weighted by Gasteiger charge is 2.33. The predicted octanol–water partition coefficient (Wildman–Crippen LogP) is 1.46. The van der Waals surface area contributed by atoms with Gasteiger partial charge in [-0.3, -0.25) is 0 Å². The number of nitrogens with zero attached hydrogens (tertiary/aromatic N) is 3. The number of hydrogen-bond acceptors (Lipinski definition) is 3. The molecule has 0 bridgehead atoms. The van der Waals surface area contributed by atoms with E-state index in [1.54, 1.807) is 15.7 Å². The summed E-state index contributed by atoms with van der Waals surface area (Å²) < 4.78 is 28.5. The van der Waals surface area contributed by atoms with E-state index in [1.165, 1.54) is 0 Å². The number of hydrogen-bond donors (Lipinski definition) is 0. The van der Waals surface area contributed by atoms with Crippen molar-refractivity contribution in [2.45, 2.75) is 25.7 Å². The topological polar surface area (TPSA) is 43.9 Å². The van der Waals surface area contributed by atoms with Gasteiger partial charge in [-0.25, -0.2) is 0 Å². The van der Waals surface area contributed by atoms with Gasteiger partial charge in [-0.2, -0.15) is 17.0 Å². The van der Waals surface area contributed by atoms with Gasteiger partial charge in [-0.1, -0.05) is 0 Å². The second-order valence-electron chi connectivity index (χ2n) is 6.56. The second-order valence-corrected chi connectivity index (χ2v) is 8.90. The molecule has 0 spiro atoms. The summed E-state index contributed by atoms with van der Waals surface area (Å²) in [6.07, 6.45) is 4.12. The summed E-state index contributed by atoms with van der Waals surface area (Å²) in [5.74, 6) is 1.33. The first kappa shape index (κ1) is 17.5. The summed E-state index contributed by atoms with van der Waals surface area (Å²) in [5.41, 5.74) is 0. The van der Waals surface area contributed by atoms with Crippen molar-refractivity contribution in [1.29, 1.82) is 0 Å². The van der Waals surface area contributed by atoms with Gasteiger partial charge in [0.2, 0.25) is 0 Å². The molecule has 2 aliphatic rings. The van der Waals surface area contributed by atoms with E-state index in [2.05, 4.69) is 11.9 Å². The molecule has 7 heteroatoms. The molecule has 2 saturated heterocycles. The molecular weight excluding hydrogens is 310 g/mol. The zero-order chi connectivity index (χ0) is 15.5. The number of rotatable bonds is 5. The first-order valence-electron chi connectivity index (χ1n) is 7.89. The van der Waals surface area contributed by atoms with Crippen molar-refractivity contribution in [2.75, 3.05) is 52.7 Å². The largest absolute Gasteiger partial charge is 0.306 e. The minimum absolute atomic E-state index is 0.298. The van der Waals surface area contributed by atoms with Gasteiger partial charge in [-0.15, -0.1) is 11.6 Å². The minimum atomic E-state index is -3.32. The van der Waals surface area contributed by atoms with Gasteiger partial charge in [0, 0.05) is 32.6 Å². The summed E-state index contributed by atoms with van der Waals surface area (Å²) in [4.78, 5) is 2.31. The Morgan fingerprint density at radius 3 is 2.43 bits per heavy atom. The number of alkyl halides is 1. The van der Waals surface area contributed by atoms with E-state index in [1.807, 2.05) is 0 Å². The fourth-order valence-corrected chi connectivity index (χ4v) is 5.07. The molecule has 124 valence electrons. The van der Waals surface area contributed by atoms with Crippen molar-refractivity contribution >= 4 is 21.8 Å². The highest BCUT2D eigenvalue weighted by atomic mass is 35.5. The lowest BCUT2D eigenvalue weighted by Gasteiger charge is -2.36. The molecule has 0 aromatic heterocycles. The minimum Gasteiger partial charge on any atom is -0.306 e. The van der Waals surface area contributed by atoms with Crippen LogP contribution in [0.2, 0.25) is 0 Å². The smallest absolute Gasteiger partial charge is 0.281 e. The zero-order valence-corrected chi connectivity index (χ0v) is 14.7. The lowest BCUT2D eigenvalue weighted by molar-refractivity contribution is 0.196. The molecule has 0 saturated carbocycles. The molecule has 0 radical (unpaired) electrons. The Morgan fingerprint density at radius 2 is 1.81 bits per heavy atom. The molecule has 2 aliphatic heterocycles. The van der Waals surface area contributed by atoms with Crippen molar-refractivity contribution in [3.05, 3.63) is 0 Å². The van der Waals surface area contributed by atoms with Gasteiger partial charge >= 0.3 is 0 Å². The van der Waals surface area contributed by atoms with Crippen molar-refractivity contribution in [3.8, 4) is 0 Å². The summed E-state index contributed by atoms with van der Waals surface area (Å²) in [5, 5.41) is 0. The molecule has 0 aromatic rings. The summed E-state index contributed by atoms with van der Waals surface area (Å²) in [6, 6.07) is 0. The molecule has 1 atom stereocenters. The van der Waals surface area contributed by atoms with E-state index in [9.17, 15) is 8.42 Å². The molecule has 21 heavy (non-hydrogen) atoms. The maximum atomic E-state index is 12.7. The second kappa shape index (κ2) is 7.59. The fourth-order valence-electron chi connectivity index (χ4n) is 3.26. The third kappa shape index (κ3) is 4.55. The molecule has 1 unspecified atom stereocenters. The standard InChI is InChI=1S/C14H28ClN3O2S/c1-16-8-5-13(6-9-16)11-17(2)21(19,20)18-7-3-4-14(10-15)12-18/h13-14H,3-12H2,1-2H3. The van der Waals surface area contributed by atoms with Crippen LogP contribution in [0.4, 0.5) is 0 Å². The fraction of sp³-hybridized carbons (Fsp3) is 1.00. The zero-order valence-electron chi connectivity index (χ0n) is 13.2. The van der Waals surface area contributed by atoms with Crippen LogP contribution in [-0.2, 0) is 10.2 Å². The van der Waals surface area contributed by atoms with Crippen LogP contribution in [0.1, 0.15) is 25.7 Å². The molecule has 0 amide bonds. The average molecular weight is 338 g/mol. The SMILES string of the molecule is CN1CCC(CN(C)S(=O)(=O)N2CCCC(CCl)C2)CC1. The Kier molecular flexibility index (Phi) is 6.32. The van der Waals surface area contributed by atoms with Gasteiger partial charge < -0.3 is 4.90 Å². The highest BCUT2D eigenvalue weighted by molar-refractivity contribution is 7.86. The third-order valence-corrected chi connectivity index (χ3v) is 7.13. The monoisotopic (exact) mass is 337 g/mol. The predicted molar refractivity (Wildman–Crippen MR) is 86.8 cm³/mol. The maximum Gasteiger partial charge on any atom is 0.281 e. The highest BCUT2D eigenvalue weighted by Crippen LogP contribution is 2.23. The average Bonchev–Trinajstić information content (AvgIpc) is 2.49. The van der Waals surface area contributed by atoms with Crippen LogP contribution in [0.3, 0.4) is 0 Å². The molecule has 2 rings (SSSR count). The molecular formula is C14H28ClN3O2S. The van der Waals surface area contributed by atoms with Gasteiger partial charge in [0.05, 0.1) is 0 Å². The van der Waals surface area contributed by atoms with E-state index in [4.69, 9.17) is 11.6 Å². The lowest BCUT2D eigenvalue weighted by Crippen LogP contribution is -2.48. The van der Waals surface area contributed by atoms with E-state index < -0.39 is 10.2 Å². The Bertz CT molecular complexity index is 424. The first-order chi connectivity index (χ1) is 9.93. The number of piperidine rings is 2. The number of halogens is 1. The molecule has 0 N–H and O–H groups in total. The van der Waals surface area contributed by atoms with Crippen molar-refractivity contribution < 1.29 is 8.42 Å². The van der Waals surface area contributed by atoms with Gasteiger partial charge in [0.1, 0.15) is 0 Å². The lowest BCUT2D eigenvalue weighted by atomic mass is 9.97. The molecule has 2 fully saturated rings. The van der Waals surface area contributed by atoms with E-state index in [0.717, 1.165) is 38.8 Å².